The smallest absolute Gasteiger partial charge is 0.302 e. The van der Waals surface area contributed by atoms with E-state index >= 15 is 0 Å². The zero-order valence-corrected chi connectivity index (χ0v) is 10.4. The molecular weight excluding hydrogens is 282 g/mol. The Kier molecular flexibility index (Phi) is 4.56. The first-order chi connectivity index (χ1) is 8.81. The lowest BCUT2D eigenvalue weighted by atomic mass is 10.0. The van der Waals surface area contributed by atoms with Gasteiger partial charge in [-0.05, 0) is 5.75 Å². The third-order valence-corrected chi connectivity index (χ3v) is 3.32. The van der Waals surface area contributed by atoms with Gasteiger partial charge in [0.15, 0.2) is 4.91 Å². The van der Waals surface area contributed by atoms with Gasteiger partial charge in [-0.1, -0.05) is 6.92 Å². The second-order valence-corrected chi connectivity index (χ2v) is 4.71. The molecule has 19 heavy (non-hydrogen) atoms. The highest BCUT2D eigenvalue weighted by Gasteiger charge is 2.48. The highest BCUT2D eigenvalue weighted by Crippen LogP contribution is 2.35. The molecule has 0 radical (unpaired) electrons. The molecular formula is C8H9N3O7S. The predicted octanol–water partition coefficient (Wildman–Crippen LogP) is 0.408. The van der Waals surface area contributed by atoms with E-state index in [-0.39, 0.29) is 10.7 Å². The Morgan fingerprint density at radius 3 is 2.21 bits per heavy atom. The van der Waals surface area contributed by atoms with Crippen molar-refractivity contribution in [1.29, 1.82) is 0 Å². The fourth-order valence-corrected chi connectivity index (χ4v) is 2.48. The van der Waals surface area contributed by atoms with E-state index in [9.17, 15) is 35.4 Å². The lowest BCUT2D eigenvalue weighted by Gasteiger charge is -2.17. The highest BCUT2D eigenvalue weighted by atomic mass is 32.2. The number of thioether (sulfide) groups is 1. The van der Waals surface area contributed by atoms with E-state index in [1.54, 1.807) is 6.92 Å². The molecule has 1 rings (SSSR count). The van der Waals surface area contributed by atoms with Crippen molar-refractivity contribution in [3.63, 3.8) is 0 Å². The summed E-state index contributed by atoms with van der Waals surface area (Å²) in [7, 11) is 0. The summed E-state index contributed by atoms with van der Waals surface area (Å²) in [6.45, 7) is 1.61. The van der Waals surface area contributed by atoms with Gasteiger partial charge in [0.25, 0.3) is 11.7 Å². The molecule has 2 atom stereocenters. The van der Waals surface area contributed by atoms with Crippen molar-refractivity contribution in [2.24, 2.45) is 0 Å². The SMILES string of the molecule is CCSC1=C([N+](=O)[O-])C(O)C([N+](=O)[O-])C=C1[N+](=O)[O-]. The zero-order chi connectivity index (χ0) is 14.7. The van der Waals surface area contributed by atoms with Crippen LogP contribution in [0.15, 0.2) is 22.4 Å². The van der Waals surface area contributed by atoms with E-state index in [0.29, 0.717) is 6.08 Å². The van der Waals surface area contributed by atoms with Crippen molar-refractivity contribution in [1.82, 2.24) is 0 Å². The molecule has 2 unspecified atom stereocenters. The molecule has 10 nitrogen and oxygen atoms in total. The van der Waals surface area contributed by atoms with Crippen LogP contribution in [0.3, 0.4) is 0 Å². The lowest BCUT2D eigenvalue weighted by Crippen LogP contribution is -2.39. The van der Waals surface area contributed by atoms with Gasteiger partial charge >= 0.3 is 5.70 Å². The highest BCUT2D eigenvalue weighted by molar-refractivity contribution is 8.03. The van der Waals surface area contributed by atoms with E-state index < -0.39 is 38.3 Å². The average Bonchev–Trinajstić information content (AvgIpc) is 2.27. The zero-order valence-electron chi connectivity index (χ0n) is 9.59. The van der Waals surface area contributed by atoms with Gasteiger partial charge in [-0.3, -0.25) is 30.3 Å². The monoisotopic (exact) mass is 291 g/mol. The topological polar surface area (TPSA) is 150 Å². The van der Waals surface area contributed by atoms with Crippen LogP contribution in [0.4, 0.5) is 0 Å². The van der Waals surface area contributed by atoms with Gasteiger partial charge in [-0.15, -0.1) is 11.8 Å². The molecule has 0 aromatic carbocycles. The molecule has 0 aromatic heterocycles. The Labute approximate surface area is 110 Å². The summed E-state index contributed by atoms with van der Waals surface area (Å²) in [5.74, 6) is 0.285. The summed E-state index contributed by atoms with van der Waals surface area (Å²) >= 11 is 0.788. The summed E-state index contributed by atoms with van der Waals surface area (Å²) in [5.41, 5.74) is -1.62. The van der Waals surface area contributed by atoms with E-state index in [1.807, 2.05) is 0 Å². The number of aliphatic hydroxyl groups is 1. The second-order valence-electron chi connectivity index (χ2n) is 3.43. The Hall–Kier alpha value is -2.01. The van der Waals surface area contributed by atoms with Crippen LogP contribution in [0.1, 0.15) is 6.92 Å². The van der Waals surface area contributed by atoms with Crippen molar-refractivity contribution in [2.75, 3.05) is 5.75 Å². The van der Waals surface area contributed by atoms with Gasteiger partial charge in [0.05, 0.1) is 15.9 Å². The molecule has 104 valence electrons. The summed E-state index contributed by atoms with van der Waals surface area (Å²) in [6, 6.07) is -1.90. The van der Waals surface area contributed by atoms with Crippen molar-refractivity contribution in [3.05, 3.63) is 52.7 Å². The molecule has 1 N–H and O–H groups in total. The van der Waals surface area contributed by atoms with Crippen LogP contribution in [-0.4, -0.2) is 37.8 Å². The molecule has 11 heteroatoms. The third kappa shape index (κ3) is 2.88. The third-order valence-electron chi connectivity index (χ3n) is 2.32. The number of aliphatic hydroxyl groups excluding tert-OH is 1. The molecule has 0 heterocycles. The molecule has 1 aliphatic rings. The summed E-state index contributed by atoms with van der Waals surface area (Å²) in [6.07, 6.45) is -1.38. The number of rotatable bonds is 5. The largest absolute Gasteiger partial charge is 0.376 e. The van der Waals surface area contributed by atoms with Crippen LogP contribution in [-0.2, 0) is 0 Å². The molecule has 0 aliphatic heterocycles. The van der Waals surface area contributed by atoms with Crippen LogP contribution >= 0.6 is 11.8 Å². The van der Waals surface area contributed by atoms with Crippen molar-refractivity contribution < 1.29 is 19.9 Å². The molecule has 0 fully saturated rings. The van der Waals surface area contributed by atoms with Gasteiger partial charge in [-0.2, -0.15) is 0 Å². The molecule has 0 aromatic rings. The Bertz CT molecular complexity index is 501. The van der Waals surface area contributed by atoms with Gasteiger partial charge < -0.3 is 5.11 Å². The van der Waals surface area contributed by atoms with E-state index in [1.165, 1.54) is 0 Å². The normalized spacial score (nSPS) is 22.9. The summed E-state index contributed by atoms with van der Waals surface area (Å²) in [5, 5.41) is 42.1. The van der Waals surface area contributed by atoms with Crippen LogP contribution < -0.4 is 0 Å². The maximum absolute atomic E-state index is 10.9. The van der Waals surface area contributed by atoms with E-state index in [0.717, 1.165) is 11.8 Å². The number of nitrogens with zero attached hydrogens (tertiary/aromatic N) is 3. The molecule has 0 bridgehead atoms. The second kappa shape index (κ2) is 5.75. The standard InChI is InChI=1S/C8H9N3O7S/c1-2-19-8-5(10(15)16)3-4(9(13)14)7(12)6(8)11(17)18/h3-4,7,12H,2H2,1H3. The van der Waals surface area contributed by atoms with Crippen LogP contribution in [0.5, 0.6) is 0 Å². The summed E-state index contributed by atoms with van der Waals surface area (Å²) in [4.78, 5) is 29.1. The molecule has 1 aliphatic carbocycles. The Balaban J connectivity index is 3.46. The Morgan fingerprint density at radius 2 is 1.84 bits per heavy atom. The quantitative estimate of drug-likeness (QED) is 0.565. The first kappa shape index (κ1) is 15.0. The first-order valence-corrected chi connectivity index (χ1v) is 5.99. The van der Waals surface area contributed by atoms with Gasteiger partial charge in [0.2, 0.25) is 6.10 Å². The van der Waals surface area contributed by atoms with Crippen LogP contribution in [0.2, 0.25) is 0 Å². The molecule has 0 spiro atoms. The molecule has 0 saturated heterocycles. The minimum Gasteiger partial charge on any atom is -0.376 e. The number of hydrogen-bond donors (Lipinski definition) is 1. The number of hydrogen-bond acceptors (Lipinski definition) is 8. The van der Waals surface area contributed by atoms with Crippen molar-refractivity contribution >= 4 is 11.8 Å². The van der Waals surface area contributed by atoms with Gasteiger partial charge in [0.1, 0.15) is 0 Å². The minimum atomic E-state index is -2.01. The maximum atomic E-state index is 10.9. The summed E-state index contributed by atoms with van der Waals surface area (Å²) < 4.78 is 0. The Morgan fingerprint density at radius 1 is 1.26 bits per heavy atom. The minimum absolute atomic E-state index is 0.285. The lowest BCUT2D eigenvalue weighted by molar-refractivity contribution is -0.534. The maximum Gasteiger partial charge on any atom is 0.302 e. The average molecular weight is 291 g/mol. The van der Waals surface area contributed by atoms with Gasteiger partial charge in [0, 0.05) is 4.92 Å². The van der Waals surface area contributed by atoms with Gasteiger partial charge in [-0.25, -0.2) is 0 Å². The molecule has 0 amide bonds. The molecule has 0 saturated carbocycles. The first-order valence-electron chi connectivity index (χ1n) is 5.00. The van der Waals surface area contributed by atoms with E-state index in [2.05, 4.69) is 0 Å². The fraction of sp³-hybridized carbons (Fsp3) is 0.500. The van der Waals surface area contributed by atoms with Crippen LogP contribution in [0.25, 0.3) is 0 Å². The van der Waals surface area contributed by atoms with Crippen LogP contribution in [0, 0.1) is 30.3 Å². The number of nitro groups is 3. The van der Waals surface area contributed by atoms with Crippen molar-refractivity contribution in [3.8, 4) is 0 Å². The fourth-order valence-electron chi connectivity index (χ4n) is 1.56. The van der Waals surface area contributed by atoms with Crippen molar-refractivity contribution in [2.45, 2.75) is 19.1 Å². The van der Waals surface area contributed by atoms with E-state index in [4.69, 9.17) is 0 Å². The predicted molar refractivity (Wildman–Crippen MR) is 64.0 cm³/mol.